The van der Waals surface area contributed by atoms with E-state index < -0.39 is 0 Å². The van der Waals surface area contributed by atoms with Gasteiger partial charge in [-0.3, -0.25) is 10.5 Å². The third kappa shape index (κ3) is 4.48. The summed E-state index contributed by atoms with van der Waals surface area (Å²) < 4.78 is 10.6. The number of hydrogen-bond acceptors (Lipinski definition) is 5. The maximum atomic E-state index is 11.6. The van der Waals surface area contributed by atoms with Crippen molar-refractivity contribution in [3.63, 3.8) is 0 Å². The summed E-state index contributed by atoms with van der Waals surface area (Å²) in [6.07, 6.45) is 2.42. The first-order valence-electron chi connectivity index (χ1n) is 5.49. The Kier molecular flexibility index (Phi) is 6.47. The Morgan fingerprint density at radius 2 is 1.94 bits per heavy atom. The second kappa shape index (κ2) is 7.62. The molecule has 1 aromatic carbocycles. The van der Waals surface area contributed by atoms with E-state index in [0.717, 1.165) is 16.9 Å². The molecule has 0 aliphatic carbocycles. The van der Waals surface area contributed by atoms with Crippen LogP contribution in [0, 0.1) is 13.8 Å². The summed E-state index contributed by atoms with van der Waals surface area (Å²) in [7, 11) is 0.540. The Morgan fingerprint density at radius 1 is 1.33 bits per heavy atom. The first kappa shape index (κ1) is 15.3. The fourth-order valence-electron chi connectivity index (χ4n) is 1.41. The summed E-state index contributed by atoms with van der Waals surface area (Å²) >= 11 is 1.65. The predicted molar refractivity (Wildman–Crippen MR) is 77.9 cm³/mol. The number of rotatable bonds is 6. The summed E-state index contributed by atoms with van der Waals surface area (Å²) in [6.45, 7) is 3.90. The third-order valence-electron chi connectivity index (χ3n) is 2.30. The standard InChI is InChI=1S/C12H18NO3PS/c1-8-5-11(16-12(14)6-17-18-3)9(2)4-10(8)15-7-13/h4-5,17H,6-7,13H2,1-3H3. The van der Waals surface area contributed by atoms with Crippen LogP contribution in [-0.4, -0.2) is 25.1 Å². The smallest absolute Gasteiger partial charge is 0.316 e. The second-order valence-electron chi connectivity index (χ2n) is 3.69. The lowest BCUT2D eigenvalue weighted by Crippen LogP contribution is -2.11. The summed E-state index contributed by atoms with van der Waals surface area (Å²) in [4.78, 5) is 11.6. The van der Waals surface area contributed by atoms with Crippen molar-refractivity contribution >= 4 is 25.1 Å². The van der Waals surface area contributed by atoms with Crippen molar-refractivity contribution in [3.8, 4) is 11.5 Å². The lowest BCUT2D eigenvalue weighted by Gasteiger charge is -2.12. The van der Waals surface area contributed by atoms with Gasteiger partial charge in [-0.05, 0) is 43.4 Å². The highest BCUT2D eigenvalue weighted by atomic mass is 32.7. The number of hydrogen-bond donors (Lipinski definition) is 1. The van der Waals surface area contributed by atoms with Crippen molar-refractivity contribution in [1.82, 2.24) is 0 Å². The van der Waals surface area contributed by atoms with Gasteiger partial charge in [-0.1, -0.05) is 7.78 Å². The van der Waals surface area contributed by atoms with Gasteiger partial charge in [0.2, 0.25) is 0 Å². The van der Waals surface area contributed by atoms with Crippen molar-refractivity contribution < 1.29 is 14.3 Å². The minimum Gasteiger partial charge on any atom is -0.478 e. The molecular formula is C12H18NO3PS. The van der Waals surface area contributed by atoms with E-state index in [1.54, 1.807) is 17.4 Å². The van der Waals surface area contributed by atoms with Gasteiger partial charge in [-0.2, -0.15) is 0 Å². The maximum absolute atomic E-state index is 11.6. The Labute approximate surface area is 113 Å². The van der Waals surface area contributed by atoms with E-state index in [1.165, 1.54) is 0 Å². The van der Waals surface area contributed by atoms with Gasteiger partial charge < -0.3 is 9.47 Å². The zero-order chi connectivity index (χ0) is 13.5. The number of ether oxygens (including phenoxy) is 2. The molecule has 0 saturated heterocycles. The van der Waals surface area contributed by atoms with Crippen LogP contribution in [0.3, 0.4) is 0 Å². The molecule has 0 aromatic heterocycles. The molecule has 1 unspecified atom stereocenters. The van der Waals surface area contributed by atoms with E-state index in [0.29, 0.717) is 19.7 Å². The molecule has 1 aromatic rings. The highest BCUT2D eigenvalue weighted by Gasteiger charge is 2.10. The maximum Gasteiger partial charge on any atom is 0.316 e. The summed E-state index contributed by atoms with van der Waals surface area (Å²) in [5.41, 5.74) is 7.11. The van der Waals surface area contributed by atoms with E-state index >= 15 is 0 Å². The number of benzene rings is 1. The monoisotopic (exact) mass is 287 g/mol. The van der Waals surface area contributed by atoms with Crippen LogP contribution < -0.4 is 15.2 Å². The summed E-state index contributed by atoms with van der Waals surface area (Å²) in [6, 6.07) is 3.64. The number of nitrogens with two attached hydrogens (primary N) is 1. The second-order valence-corrected chi connectivity index (χ2v) is 6.83. The molecule has 1 atom stereocenters. The third-order valence-corrected chi connectivity index (χ3v) is 4.32. The van der Waals surface area contributed by atoms with E-state index in [2.05, 4.69) is 0 Å². The van der Waals surface area contributed by atoms with Crippen LogP contribution in [0.4, 0.5) is 0 Å². The molecule has 0 saturated carbocycles. The minimum atomic E-state index is -0.197. The Bertz CT molecular complexity index is 426. The Hall–Kier alpha value is -0.770. The van der Waals surface area contributed by atoms with Crippen LogP contribution in [-0.2, 0) is 4.79 Å². The lowest BCUT2D eigenvalue weighted by molar-refractivity contribution is -0.131. The van der Waals surface area contributed by atoms with Crippen LogP contribution >= 0.6 is 19.2 Å². The fourth-order valence-corrected chi connectivity index (χ4v) is 2.53. The van der Waals surface area contributed by atoms with Gasteiger partial charge in [-0.25, -0.2) is 0 Å². The Morgan fingerprint density at radius 3 is 2.56 bits per heavy atom. The number of aryl methyl sites for hydroxylation is 2. The van der Waals surface area contributed by atoms with Crippen LogP contribution in [0.25, 0.3) is 0 Å². The molecule has 18 heavy (non-hydrogen) atoms. The van der Waals surface area contributed by atoms with Crippen LogP contribution in [0.2, 0.25) is 0 Å². The molecule has 0 aliphatic rings. The molecule has 0 spiro atoms. The normalized spacial score (nSPS) is 10.9. The average molecular weight is 287 g/mol. The van der Waals surface area contributed by atoms with Crippen LogP contribution in [0.1, 0.15) is 11.1 Å². The van der Waals surface area contributed by atoms with Crippen molar-refractivity contribution in [2.45, 2.75) is 13.8 Å². The van der Waals surface area contributed by atoms with Gasteiger partial charge in [0, 0.05) is 0 Å². The van der Waals surface area contributed by atoms with Gasteiger partial charge >= 0.3 is 5.97 Å². The molecule has 2 N–H and O–H groups in total. The quantitative estimate of drug-likeness (QED) is 0.377. The predicted octanol–water partition coefficient (Wildman–Crippen LogP) is 2.46. The topological polar surface area (TPSA) is 61.5 Å². The zero-order valence-corrected chi connectivity index (χ0v) is 12.6. The summed E-state index contributed by atoms with van der Waals surface area (Å²) in [5, 5.41) is 0. The molecule has 0 bridgehead atoms. The largest absolute Gasteiger partial charge is 0.478 e. The highest BCUT2D eigenvalue weighted by molar-refractivity contribution is 8.49. The van der Waals surface area contributed by atoms with E-state index in [9.17, 15) is 4.79 Å². The van der Waals surface area contributed by atoms with Gasteiger partial charge in [0.05, 0.1) is 6.16 Å². The number of carbonyl (C=O) groups is 1. The van der Waals surface area contributed by atoms with Gasteiger partial charge in [0.1, 0.15) is 18.2 Å². The first-order valence-corrected chi connectivity index (χ1v) is 8.64. The van der Waals surface area contributed by atoms with Crippen LogP contribution in [0.15, 0.2) is 12.1 Å². The molecule has 4 nitrogen and oxygen atoms in total. The molecular weight excluding hydrogens is 269 g/mol. The van der Waals surface area contributed by atoms with Gasteiger partial charge in [0.25, 0.3) is 0 Å². The molecule has 0 heterocycles. The Balaban J connectivity index is 2.78. The van der Waals surface area contributed by atoms with E-state index in [4.69, 9.17) is 15.2 Å². The van der Waals surface area contributed by atoms with Crippen molar-refractivity contribution in [3.05, 3.63) is 23.3 Å². The average Bonchev–Trinajstić information content (AvgIpc) is 2.33. The molecule has 1 rings (SSSR count). The SMILES string of the molecule is CSPCC(=O)Oc1cc(C)c(OCN)cc1C. The molecule has 6 heteroatoms. The number of carbonyl (C=O) groups excluding carboxylic acids is 1. The van der Waals surface area contributed by atoms with E-state index in [1.807, 2.05) is 26.2 Å². The minimum absolute atomic E-state index is 0.133. The highest BCUT2D eigenvalue weighted by Crippen LogP contribution is 2.29. The van der Waals surface area contributed by atoms with Crippen LogP contribution in [0.5, 0.6) is 11.5 Å². The molecule has 0 fully saturated rings. The molecule has 0 radical (unpaired) electrons. The van der Waals surface area contributed by atoms with E-state index in [-0.39, 0.29) is 12.7 Å². The molecule has 0 aliphatic heterocycles. The molecule has 100 valence electrons. The fraction of sp³-hybridized carbons (Fsp3) is 0.417. The number of esters is 1. The van der Waals surface area contributed by atoms with Crippen molar-refractivity contribution in [1.29, 1.82) is 0 Å². The zero-order valence-electron chi connectivity index (χ0n) is 10.8. The van der Waals surface area contributed by atoms with Crippen molar-refractivity contribution in [2.24, 2.45) is 5.73 Å². The van der Waals surface area contributed by atoms with Crippen molar-refractivity contribution in [2.75, 3.05) is 19.1 Å². The lowest BCUT2D eigenvalue weighted by atomic mass is 10.1. The molecule has 0 amide bonds. The summed E-state index contributed by atoms with van der Waals surface area (Å²) in [5.74, 6) is 1.12. The van der Waals surface area contributed by atoms with Gasteiger partial charge in [-0.15, -0.1) is 11.4 Å². The first-order chi connectivity index (χ1) is 8.58. The van der Waals surface area contributed by atoms with Gasteiger partial charge in [0.15, 0.2) is 0 Å².